The number of ketones is 2. The van der Waals surface area contributed by atoms with E-state index in [4.69, 9.17) is 4.74 Å². The minimum atomic E-state index is 0.169. The molecule has 0 saturated heterocycles. The molecule has 1 aliphatic rings. The number of hydrogen-bond acceptors (Lipinski definition) is 4. The van der Waals surface area contributed by atoms with E-state index in [1.807, 2.05) is 0 Å². The Bertz CT molecular complexity index is 468. The first-order valence-corrected chi connectivity index (χ1v) is 6.32. The molecule has 1 aromatic heterocycles. The molecule has 0 amide bonds. The van der Waals surface area contributed by atoms with Crippen LogP contribution in [-0.4, -0.2) is 23.2 Å². The number of aryl methyl sites for hydroxylation is 1. The second-order valence-electron chi connectivity index (χ2n) is 4.57. The molecule has 0 saturated carbocycles. The molecule has 0 atom stereocenters. The average molecular weight is 247 g/mol. The highest BCUT2D eigenvalue weighted by Gasteiger charge is 2.18. The molecule has 0 N–H and O–H groups in total. The van der Waals surface area contributed by atoms with E-state index < -0.39 is 0 Å². The summed E-state index contributed by atoms with van der Waals surface area (Å²) < 4.78 is 5.48. The molecule has 0 aromatic carbocycles. The molecule has 18 heavy (non-hydrogen) atoms. The number of aromatic nitrogens is 1. The van der Waals surface area contributed by atoms with Crippen LogP contribution >= 0.6 is 0 Å². The van der Waals surface area contributed by atoms with Crippen molar-refractivity contribution < 1.29 is 14.3 Å². The summed E-state index contributed by atoms with van der Waals surface area (Å²) in [6.07, 6.45) is 3.56. The molecule has 4 nitrogen and oxygen atoms in total. The van der Waals surface area contributed by atoms with Gasteiger partial charge in [0.25, 0.3) is 0 Å². The van der Waals surface area contributed by atoms with Crippen molar-refractivity contribution in [3.63, 3.8) is 0 Å². The number of Topliss-reactive ketones (excluding diaryl/α,β-unsaturated/α-hetero) is 2. The summed E-state index contributed by atoms with van der Waals surface area (Å²) in [5, 5.41) is 0. The fraction of sp³-hybridized carbons (Fsp3) is 0.500. The van der Waals surface area contributed by atoms with Crippen molar-refractivity contribution in [3.05, 3.63) is 23.4 Å². The van der Waals surface area contributed by atoms with Crippen molar-refractivity contribution in [2.45, 2.75) is 39.0 Å². The molecule has 0 radical (unpaired) electrons. The molecule has 4 heteroatoms. The van der Waals surface area contributed by atoms with E-state index in [-0.39, 0.29) is 11.6 Å². The van der Waals surface area contributed by atoms with Gasteiger partial charge in [-0.25, -0.2) is 4.98 Å². The lowest BCUT2D eigenvalue weighted by atomic mass is 9.95. The van der Waals surface area contributed by atoms with E-state index >= 15 is 0 Å². The van der Waals surface area contributed by atoms with Crippen molar-refractivity contribution in [2.75, 3.05) is 6.61 Å². The Balaban J connectivity index is 1.94. The van der Waals surface area contributed by atoms with Crippen LogP contribution < -0.4 is 4.74 Å². The van der Waals surface area contributed by atoms with Crippen LogP contribution in [0, 0.1) is 0 Å². The maximum absolute atomic E-state index is 11.6. The number of rotatable bonds is 5. The molecule has 1 aromatic rings. The molecule has 2 rings (SSSR count). The predicted octanol–water partition coefficient (Wildman–Crippen LogP) is 2.35. The first-order valence-electron chi connectivity index (χ1n) is 6.32. The Morgan fingerprint density at radius 3 is 3.00 bits per heavy atom. The molecule has 0 aliphatic heterocycles. The number of ether oxygens (including phenoxy) is 1. The van der Waals surface area contributed by atoms with Gasteiger partial charge in [-0.2, -0.15) is 0 Å². The van der Waals surface area contributed by atoms with Gasteiger partial charge < -0.3 is 9.53 Å². The Kier molecular flexibility index (Phi) is 4.07. The standard InChI is InChI=1S/C14H17NO3/c1-10(16)4-3-9-18-14-8-7-11-12(15-14)5-2-6-13(11)17/h7-8H,2-6,9H2,1H3. The highest BCUT2D eigenvalue weighted by atomic mass is 16.5. The highest BCUT2D eigenvalue weighted by molar-refractivity contribution is 5.98. The highest BCUT2D eigenvalue weighted by Crippen LogP contribution is 2.22. The summed E-state index contributed by atoms with van der Waals surface area (Å²) >= 11 is 0. The third-order valence-electron chi connectivity index (χ3n) is 2.99. The van der Waals surface area contributed by atoms with Gasteiger partial charge in [0, 0.05) is 24.5 Å². The van der Waals surface area contributed by atoms with E-state index in [0.29, 0.717) is 31.7 Å². The minimum absolute atomic E-state index is 0.169. The summed E-state index contributed by atoms with van der Waals surface area (Å²) in [5.74, 6) is 0.890. The van der Waals surface area contributed by atoms with Gasteiger partial charge in [0.2, 0.25) is 5.88 Å². The Morgan fingerprint density at radius 2 is 2.22 bits per heavy atom. The summed E-state index contributed by atoms with van der Waals surface area (Å²) in [6, 6.07) is 3.53. The van der Waals surface area contributed by atoms with Crippen molar-refractivity contribution in [1.29, 1.82) is 0 Å². The van der Waals surface area contributed by atoms with Crippen molar-refractivity contribution in [1.82, 2.24) is 4.98 Å². The van der Waals surface area contributed by atoms with Gasteiger partial charge in [-0.1, -0.05) is 0 Å². The van der Waals surface area contributed by atoms with Crippen LogP contribution in [0.4, 0.5) is 0 Å². The predicted molar refractivity (Wildman–Crippen MR) is 66.9 cm³/mol. The topological polar surface area (TPSA) is 56.3 Å². The van der Waals surface area contributed by atoms with Gasteiger partial charge in [-0.05, 0) is 32.3 Å². The summed E-state index contributed by atoms with van der Waals surface area (Å²) in [7, 11) is 0. The number of nitrogens with zero attached hydrogens (tertiary/aromatic N) is 1. The fourth-order valence-electron chi connectivity index (χ4n) is 2.06. The van der Waals surface area contributed by atoms with Crippen LogP contribution in [0.25, 0.3) is 0 Å². The zero-order valence-electron chi connectivity index (χ0n) is 10.6. The van der Waals surface area contributed by atoms with E-state index in [9.17, 15) is 9.59 Å². The Morgan fingerprint density at radius 1 is 1.39 bits per heavy atom. The Hall–Kier alpha value is -1.71. The molecular formula is C14H17NO3. The van der Waals surface area contributed by atoms with Crippen molar-refractivity contribution in [3.8, 4) is 5.88 Å². The van der Waals surface area contributed by atoms with E-state index in [2.05, 4.69) is 4.98 Å². The number of carbonyl (C=O) groups excluding carboxylic acids is 2. The zero-order valence-corrected chi connectivity index (χ0v) is 10.6. The molecule has 0 bridgehead atoms. The molecule has 0 spiro atoms. The van der Waals surface area contributed by atoms with Gasteiger partial charge in [-0.15, -0.1) is 0 Å². The monoisotopic (exact) mass is 247 g/mol. The molecular weight excluding hydrogens is 230 g/mol. The first kappa shape index (κ1) is 12.7. The summed E-state index contributed by atoms with van der Waals surface area (Å²) in [6.45, 7) is 2.06. The lowest BCUT2D eigenvalue weighted by molar-refractivity contribution is -0.117. The van der Waals surface area contributed by atoms with Gasteiger partial charge in [0.15, 0.2) is 5.78 Å². The van der Waals surface area contributed by atoms with E-state index in [1.165, 1.54) is 0 Å². The van der Waals surface area contributed by atoms with E-state index in [0.717, 1.165) is 24.1 Å². The lowest BCUT2D eigenvalue weighted by Crippen LogP contribution is -2.13. The molecule has 0 unspecified atom stereocenters. The van der Waals surface area contributed by atoms with Crippen LogP contribution in [0.1, 0.15) is 48.7 Å². The smallest absolute Gasteiger partial charge is 0.213 e. The average Bonchev–Trinajstić information content (AvgIpc) is 2.35. The third kappa shape index (κ3) is 3.15. The molecule has 1 heterocycles. The van der Waals surface area contributed by atoms with Crippen LogP contribution in [0.2, 0.25) is 0 Å². The first-order chi connectivity index (χ1) is 8.66. The molecule has 1 aliphatic carbocycles. The lowest BCUT2D eigenvalue weighted by Gasteiger charge is -2.14. The van der Waals surface area contributed by atoms with Crippen LogP contribution in [0.3, 0.4) is 0 Å². The maximum atomic E-state index is 11.6. The van der Waals surface area contributed by atoms with E-state index in [1.54, 1.807) is 19.1 Å². The number of fused-ring (bicyclic) bond motifs is 1. The number of carbonyl (C=O) groups is 2. The van der Waals surface area contributed by atoms with Crippen LogP contribution in [-0.2, 0) is 11.2 Å². The second kappa shape index (κ2) is 5.76. The Labute approximate surface area is 106 Å². The van der Waals surface area contributed by atoms with Gasteiger partial charge in [0.1, 0.15) is 5.78 Å². The summed E-state index contributed by atoms with van der Waals surface area (Å²) in [4.78, 5) is 26.7. The molecule has 0 fully saturated rings. The fourth-order valence-corrected chi connectivity index (χ4v) is 2.06. The zero-order chi connectivity index (χ0) is 13.0. The minimum Gasteiger partial charge on any atom is -0.478 e. The quantitative estimate of drug-likeness (QED) is 0.749. The van der Waals surface area contributed by atoms with Crippen molar-refractivity contribution in [2.24, 2.45) is 0 Å². The normalized spacial score (nSPS) is 14.2. The number of hydrogen-bond donors (Lipinski definition) is 0. The van der Waals surface area contributed by atoms with Crippen LogP contribution in [0.15, 0.2) is 12.1 Å². The number of pyridine rings is 1. The SMILES string of the molecule is CC(=O)CCCOc1ccc2c(n1)CCCC2=O. The molecule has 96 valence electrons. The second-order valence-corrected chi connectivity index (χ2v) is 4.57. The summed E-state index contributed by atoms with van der Waals surface area (Å²) in [5.41, 5.74) is 1.58. The van der Waals surface area contributed by atoms with Crippen molar-refractivity contribution >= 4 is 11.6 Å². The van der Waals surface area contributed by atoms with Gasteiger partial charge >= 0.3 is 0 Å². The van der Waals surface area contributed by atoms with Gasteiger partial charge in [0.05, 0.1) is 12.3 Å². The largest absolute Gasteiger partial charge is 0.478 e. The maximum Gasteiger partial charge on any atom is 0.213 e. The van der Waals surface area contributed by atoms with Gasteiger partial charge in [-0.3, -0.25) is 4.79 Å². The third-order valence-corrected chi connectivity index (χ3v) is 2.99. The van der Waals surface area contributed by atoms with Crippen LogP contribution in [0.5, 0.6) is 5.88 Å².